The molecule has 7 nitrogen and oxygen atoms in total. The minimum atomic E-state index is 0.667. The second-order valence-electron chi connectivity index (χ2n) is 4.97. The molecule has 7 heteroatoms. The number of hydrogen-bond acceptors (Lipinski definition) is 4. The summed E-state index contributed by atoms with van der Waals surface area (Å²) in [5.74, 6) is 2.04. The highest BCUT2D eigenvalue weighted by molar-refractivity contribution is 5.93. The summed E-state index contributed by atoms with van der Waals surface area (Å²) < 4.78 is 12.4. The molecular formula is C16H23N5O2. The molecule has 0 radical (unpaired) electrons. The van der Waals surface area contributed by atoms with Crippen molar-refractivity contribution < 1.29 is 9.47 Å². The second-order valence-corrected chi connectivity index (χ2v) is 4.97. The van der Waals surface area contributed by atoms with E-state index in [4.69, 9.17) is 9.47 Å². The van der Waals surface area contributed by atoms with Gasteiger partial charge in [0.15, 0.2) is 17.5 Å². The minimum Gasteiger partial charge on any atom is -0.493 e. The predicted octanol–water partition coefficient (Wildman–Crippen LogP) is 1.90. The van der Waals surface area contributed by atoms with E-state index in [0.717, 1.165) is 17.8 Å². The molecular weight excluding hydrogens is 294 g/mol. The predicted molar refractivity (Wildman–Crippen MR) is 91.5 cm³/mol. The Labute approximate surface area is 136 Å². The fourth-order valence-corrected chi connectivity index (χ4v) is 2.11. The van der Waals surface area contributed by atoms with Crippen molar-refractivity contribution in [3.05, 3.63) is 36.2 Å². The van der Waals surface area contributed by atoms with Gasteiger partial charge in [-0.1, -0.05) is 0 Å². The average molecular weight is 317 g/mol. The lowest BCUT2D eigenvalue weighted by Gasteiger charge is -2.14. The zero-order valence-electron chi connectivity index (χ0n) is 14.0. The van der Waals surface area contributed by atoms with Crippen LogP contribution in [0.3, 0.4) is 0 Å². The lowest BCUT2D eigenvalue weighted by Crippen LogP contribution is -2.33. The molecule has 0 aliphatic carbocycles. The number of methoxy groups -OCH3 is 2. The van der Waals surface area contributed by atoms with Gasteiger partial charge < -0.3 is 20.1 Å². The maximum Gasteiger partial charge on any atom is 0.195 e. The zero-order chi connectivity index (χ0) is 16.7. The van der Waals surface area contributed by atoms with Gasteiger partial charge >= 0.3 is 0 Å². The van der Waals surface area contributed by atoms with Crippen molar-refractivity contribution in [1.82, 2.24) is 15.1 Å². The molecule has 0 aliphatic rings. The van der Waals surface area contributed by atoms with Crippen LogP contribution in [0, 0.1) is 6.92 Å². The van der Waals surface area contributed by atoms with E-state index in [2.05, 4.69) is 20.7 Å². The molecule has 0 spiro atoms. The molecule has 0 bridgehead atoms. The number of ether oxygens (including phenoxy) is 2. The summed E-state index contributed by atoms with van der Waals surface area (Å²) in [6.07, 6.45) is 3.85. The monoisotopic (exact) mass is 317 g/mol. The number of benzene rings is 1. The molecule has 0 atom stereocenters. The average Bonchev–Trinajstić information content (AvgIpc) is 2.99. The Kier molecular flexibility index (Phi) is 5.85. The molecule has 2 rings (SSSR count). The van der Waals surface area contributed by atoms with Gasteiger partial charge in [0.2, 0.25) is 0 Å². The van der Waals surface area contributed by atoms with Gasteiger partial charge in [-0.15, -0.1) is 0 Å². The van der Waals surface area contributed by atoms with Crippen molar-refractivity contribution in [2.75, 3.05) is 33.1 Å². The first kappa shape index (κ1) is 16.7. The van der Waals surface area contributed by atoms with Gasteiger partial charge in [0.1, 0.15) is 0 Å². The Morgan fingerprint density at radius 3 is 2.65 bits per heavy atom. The van der Waals surface area contributed by atoms with E-state index in [1.54, 1.807) is 21.3 Å². The Balaban J connectivity index is 1.91. The number of hydrogen-bond donors (Lipinski definition) is 2. The number of nitrogens with zero attached hydrogens (tertiary/aromatic N) is 3. The number of aliphatic imine (C=N–C) groups is 1. The molecule has 1 heterocycles. The van der Waals surface area contributed by atoms with E-state index in [0.29, 0.717) is 24.0 Å². The summed E-state index contributed by atoms with van der Waals surface area (Å²) in [4.78, 5) is 4.21. The zero-order valence-corrected chi connectivity index (χ0v) is 14.0. The van der Waals surface area contributed by atoms with Gasteiger partial charge in [-0.05, 0) is 24.6 Å². The second kappa shape index (κ2) is 8.07. The van der Waals surface area contributed by atoms with Crippen molar-refractivity contribution in [3.63, 3.8) is 0 Å². The van der Waals surface area contributed by atoms with Crippen molar-refractivity contribution >= 4 is 11.6 Å². The summed E-state index contributed by atoms with van der Waals surface area (Å²) in [5.41, 5.74) is 2.02. The van der Waals surface area contributed by atoms with Gasteiger partial charge in [-0.2, -0.15) is 5.10 Å². The fourth-order valence-electron chi connectivity index (χ4n) is 2.11. The number of aromatic nitrogens is 2. The van der Waals surface area contributed by atoms with Gasteiger partial charge in [0.25, 0.3) is 0 Å². The Morgan fingerprint density at radius 1 is 1.26 bits per heavy atom. The fraction of sp³-hybridized carbons (Fsp3) is 0.375. The molecule has 1 aromatic heterocycles. The molecule has 2 aromatic rings. The first-order valence-electron chi connectivity index (χ1n) is 7.35. The molecule has 0 unspecified atom stereocenters. The largest absolute Gasteiger partial charge is 0.493 e. The molecule has 0 aliphatic heterocycles. The summed E-state index contributed by atoms with van der Waals surface area (Å²) in [6, 6.07) is 5.62. The minimum absolute atomic E-state index is 0.667. The first-order chi connectivity index (χ1) is 11.2. The lowest BCUT2D eigenvalue weighted by molar-refractivity contribution is 0.355. The van der Waals surface area contributed by atoms with E-state index < -0.39 is 0 Å². The quantitative estimate of drug-likeness (QED) is 0.629. The lowest BCUT2D eigenvalue weighted by atomic mass is 10.3. The molecule has 0 saturated carbocycles. The number of nitrogens with one attached hydrogen (secondary N) is 2. The van der Waals surface area contributed by atoms with Crippen molar-refractivity contribution in [1.29, 1.82) is 0 Å². The number of anilines is 1. The molecule has 124 valence electrons. The van der Waals surface area contributed by atoms with Crippen molar-refractivity contribution in [2.45, 2.75) is 13.5 Å². The van der Waals surface area contributed by atoms with Crippen LogP contribution in [0.5, 0.6) is 11.5 Å². The normalized spacial score (nSPS) is 11.2. The van der Waals surface area contributed by atoms with Crippen molar-refractivity contribution in [2.24, 2.45) is 4.99 Å². The number of aryl methyl sites for hydroxylation is 1. The highest BCUT2D eigenvalue weighted by Gasteiger charge is 2.06. The van der Waals surface area contributed by atoms with Crippen molar-refractivity contribution in [3.8, 4) is 11.5 Å². The van der Waals surface area contributed by atoms with Crippen LogP contribution in [0.15, 0.2) is 35.6 Å². The highest BCUT2D eigenvalue weighted by atomic mass is 16.5. The smallest absolute Gasteiger partial charge is 0.195 e. The van der Waals surface area contributed by atoms with Gasteiger partial charge in [0, 0.05) is 31.5 Å². The number of rotatable bonds is 6. The Hall–Kier alpha value is -2.70. The van der Waals surface area contributed by atoms with Crippen LogP contribution in [0.1, 0.15) is 5.56 Å². The van der Waals surface area contributed by atoms with Gasteiger partial charge in [-0.3, -0.25) is 9.67 Å². The third-order valence-corrected chi connectivity index (χ3v) is 3.27. The molecule has 0 amide bonds. The molecule has 0 fully saturated rings. The van der Waals surface area contributed by atoms with Crippen LogP contribution in [0.2, 0.25) is 0 Å². The SMILES string of the molecule is CN=C(NCCn1cc(C)cn1)Nc1ccc(OC)c(OC)c1. The van der Waals surface area contributed by atoms with E-state index in [9.17, 15) is 0 Å². The van der Waals surface area contributed by atoms with Crippen LogP contribution in [0.4, 0.5) is 5.69 Å². The van der Waals surface area contributed by atoms with E-state index >= 15 is 0 Å². The Morgan fingerprint density at radius 2 is 2.04 bits per heavy atom. The summed E-state index contributed by atoms with van der Waals surface area (Å²) in [5, 5.41) is 10.7. The van der Waals surface area contributed by atoms with Gasteiger partial charge in [-0.25, -0.2) is 0 Å². The maximum atomic E-state index is 5.30. The first-order valence-corrected chi connectivity index (χ1v) is 7.35. The van der Waals surface area contributed by atoms with Crippen LogP contribution < -0.4 is 20.1 Å². The standard InChI is InChI=1S/C16H23N5O2/c1-12-10-19-21(11-12)8-7-18-16(17-2)20-13-5-6-14(22-3)15(9-13)23-4/h5-6,9-11H,7-8H2,1-4H3,(H2,17,18,20). The third kappa shape index (κ3) is 4.64. The highest BCUT2D eigenvalue weighted by Crippen LogP contribution is 2.29. The van der Waals surface area contributed by atoms with Crippen LogP contribution in [0.25, 0.3) is 0 Å². The maximum absolute atomic E-state index is 5.30. The van der Waals surface area contributed by atoms with E-state index in [-0.39, 0.29) is 0 Å². The van der Waals surface area contributed by atoms with E-state index in [1.807, 2.05) is 42.2 Å². The Bertz CT molecular complexity index is 666. The third-order valence-electron chi connectivity index (χ3n) is 3.27. The summed E-state index contributed by atoms with van der Waals surface area (Å²) in [7, 11) is 4.96. The molecule has 0 saturated heterocycles. The van der Waals surface area contributed by atoms with E-state index in [1.165, 1.54) is 0 Å². The summed E-state index contributed by atoms with van der Waals surface area (Å²) in [6.45, 7) is 3.50. The summed E-state index contributed by atoms with van der Waals surface area (Å²) >= 11 is 0. The topological polar surface area (TPSA) is 72.7 Å². The van der Waals surface area contributed by atoms with Crippen LogP contribution >= 0.6 is 0 Å². The number of guanidine groups is 1. The molecule has 2 N–H and O–H groups in total. The van der Waals surface area contributed by atoms with Crippen LogP contribution in [-0.4, -0.2) is 43.6 Å². The molecule has 23 heavy (non-hydrogen) atoms. The van der Waals surface area contributed by atoms with Crippen LogP contribution in [-0.2, 0) is 6.54 Å². The van der Waals surface area contributed by atoms with Gasteiger partial charge in [0.05, 0.1) is 27.0 Å². The molecule has 1 aromatic carbocycles.